The zero-order valence-electron chi connectivity index (χ0n) is 22.3. The van der Waals surface area contributed by atoms with Crippen molar-refractivity contribution in [1.29, 1.82) is 0 Å². The van der Waals surface area contributed by atoms with E-state index in [1.165, 1.54) is 6.21 Å². The second kappa shape index (κ2) is 13.2. The molecule has 0 bridgehead atoms. The Morgan fingerprint density at radius 2 is 1.43 bits per heavy atom. The van der Waals surface area contributed by atoms with Gasteiger partial charge in [0.05, 0.1) is 11.8 Å². The Balaban J connectivity index is 1.39. The van der Waals surface area contributed by atoms with Crippen LogP contribution in [0, 0.1) is 6.92 Å². The van der Waals surface area contributed by atoms with Crippen molar-refractivity contribution in [2.75, 3.05) is 0 Å². The fourth-order valence-corrected chi connectivity index (χ4v) is 4.30. The van der Waals surface area contributed by atoms with Crippen molar-refractivity contribution in [3.8, 4) is 17.2 Å². The number of fused-ring (bicyclic) bond motifs is 1. The maximum Gasteiger partial charge on any atom is 0.343 e. The predicted molar refractivity (Wildman–Crippen MR) is 164 cm³/mol. The van der Waals surface area contributed by atoms with E-state index in [2.05, 4.69) is 10.5 Å². The number of benzene rings is 5. The van der Waals surface area contributed by atoms with Gasteiger partial charge in [0, 0.05) is 15.6 Å². The van der Waals surface area contributed by atoms with E-state index in [0.717, 1.165) is 16.3 Å². The second-order valence-electron chi connectivity index (χ2n) is 9.17. The topological polar surface area (TPSA) is 86.2 Å². The van der Waals surface area contributed by atoms with E-state index in [-0.39, 0.29) is 5.75 Å². The molecule has 1 amide bonds. The van der Waals surface area contributed by atoms with Gasteiger partial charge < -0.3 is 14.2 Å². The zero-order valence-corrected chi connectivity index (χ0v) is 23.8. The Morgan fingerprint density at radius 1 is 0.786 bits per heavy atom. The molecule has 0 unspecified atom stereocenters. The van der Waals surface area contributed by atoms with Gasteiger partial charge in [-0.1, -0.05) is 71.2 Å². The van der Waals surface area contributed by atoms with E-state index in [1.54, 1.807) is 72.8 Å². The van der Waals surface area contributed by atoms with Gasteiger partial charge in [-0.2, -0.15) is 5.10 Å². The molecule has 0 fully saturated rings. The van der Waals surface area contributed by atoms with E-state index in [0.29, 0.717) is 32.7 Å². The summed E-state index contributed by atoms with van der Waals surface area (Å²) in [5.74, 6) is -0.200. The highest BCUT2D eigenvalue weighted by atomic mass is 35.5. The Labute approximate surface area is 252 Å². The van der Waals surface area contributed by atoms with Crippen molar-refractivity contribution in [1.82, 2.24) is 5.43 Å². The van der Waals surface area contributed by atoms with E-state index in [4.69, 9.17) is 37.4 Å². The average Bonchev–Trinajstić information content (AvgIpc) is 2.99. The molecule has 1 N–H and O–H groups in total. The Kier molecular flexibility index (Phi) is 9.02. The zero-order chi connectivity index (χ0) is 29.5. The molecule has 0 saturated heterocycles. The van der Waals surface area contributed by atoms with Crippen molar-refractivity contribution in [2.24, 2.45) is 5.10 Å². The van der Waals surface area contributed by atoms with Gasteiger partial charge in [-0.15, -0.1) is 0 Å². The minimum Gasteiger partial charge on any atom is -0.446 e. The summed E-state index contributed by atoms with van der Waals surface area (Å²) >= 11 is 12.0. The van der Waals surface area contributed by atoms with Gasteiger partial charge in [0.1, 0.15) is 17.2 Å². The number of ether oxygens (including phenoxy) is 3. The molecule has 0 aromatic heterocycles. The van der Waals surface area contributed by atoms with Crippen LogP contribution in [-0.4, -0.2) is 24.4 Å². The summed E-state index contributed by atoms with van der Waals surface area (Å²) in [5.41, 5.74) is 4.32. The second-order valence-corrected chi connectivity index (χ2v) is 10.0. The van der Waals surface area contributed by atoms with Crippen molar-refractivity contribution in [3.63, 3.8) is 0 Å². The molecule has 5 rings (SSSR count). The number of rotatable bonds is 9. The van der Waals surface area contributed by atoms with Crippen LogP contribution in [0.2, 0.25) is 10.0 Å². The molecule has 210 valence electrons. The number of hydrogen-bond acceptors (Lipinski definition) is 6. The van der Waals surface area contributed by atoms with Gasteiger partial charge in [-0.25, -0.2) is 10.2 Å². The third kappa shape index (κ3) is 7.26. The molecule has 5 aromatic carbocycles. The standard InChI is InChI=1S/C33H24Cl2N2O5/c1-21-5-4-7-23(19-21)32(39)42-30-18-9-22-6-2-3-8-28(22)29(30)20-36-37-31(38)33(40-26-14-10-24(34)11-15-26)41-27-16-12-25(35)13-17-27/h2-20,33H,1H3,(H,37,38)/b36-20-. The highest BCUT2D eigenvalue weighted by molar-refractivity contribution is 6.30. The van der Waals surface area contributed by atoms with Crippen molar-refractivity contribution < 1.29 is 23.8 Å². The number of halogens is 2. The highest BCUT2D eigenvalue weighted by Gasteiger charge is 2.23. The summed E-state index contributed by atoms with van der Waals surface area (Å²) in [4.78, 5) is 26.1. The first-order valence-corrected chi connectivity index (χ1v) is 13.6. The first kappa shape index (κ1) is 28.7. The number of carbonyl (C=O) groups excluding carboxylic acids is 2. The molecule has 0 heterocycles. The molecular weight excluding hydrogens is 575 g/mol. The lowest BCUT2D eigenvalue weighted by atomic mass is 10.0. The number of carbonyl (C=O) groups is 2. The van der Waals surface area contributed by atoms with Crippen LogP contribution in [0.4, 0.5) is 0 Å². The molecule has 0 aliphatic carbocycles. The molecule has 0 aliphatic rings. The SMILES string of the molecule is Cc1cccc(C(=O)Oc2ccc3ccccc3c2/C=N\NC(=O)C(Oc2ccc(Cl)cc2)Oc2ccc(Cl)cc2)c1. The Bertz CT molecular complexity index is 1710. The first-order valence-electron chi connectivity index (χ1n) is 12.8. The highest BCUT2D eigenvalue weighted by Crippen LogP contribution is 2.28. The van der Waals surface area contributed by atoms with Gasteiger partial charge in [0.25, 0.3) is 0 Å². The quantitative estimate of drug-likeness (QED) is 0.0620. The Hall–Kier alpha value is -4.85. The summed E-state index contributed by atoms with van der Waals surface area (Å²) in [6, 6.07) is 31.2. The molecule has 0 atom stereocenters. The van der Waals surface area contributed by atoms with Crippen molar-refractivity contribution in [2.45, 2.75) is 13.2 Å². The lowest BCUT2D eigenvalue weighted by Crippen LogP contribution is -2.40. The van der Waals surface area contributed by atoms with Crippen LogP contribution in [0.25, 0.3) is 10.8 Å². The molecule has 0 saturated carbocycles. The van der Waals surface area contributed by atoms with Crippen LogP contribution in [0.3, 0.4) is 0 Å². The van der Waals surface area contributed by atoms with Crippen LogP contribution >= 0.6 is 23.2 Å². The molecular formula is C33H24Cl2N2O5. The summed E-state index contributed by atoms with van der Waals surface area (Å²) in [6.45, 7) is 1.90. The normalized spacial score (nSPS) is 11.0. The number of nitrogens with one attached hydrogen (secondary N) is 1. The fourth-order valence-electron chi connectivity index (χ4n) is 4.05. The van der Waals surface area contributed by atoms with Crippen LogP contribution in [0.5, 0.6) is 17.2 Å². The van der Waals surface area contributed by atoms with Crippen LogP contribution < -0.4 is 19.6 Å². The first-order chi connectivity index (χ1) is 20.4. The molecule has 7 nitrogen and oxygen atoms in total. The monoisotopic (exact) mass is 598 g/mol. The summed E-state index contributed by atoms with van der Waals surface area (Å²) < 4.78 is 17.4. The van der Waals surface area contributed by atoms with E-state index < -0.39 is 18.2 Å². The number of hydrogen-bond donors (Lipinski definition) is 1. The third-order valence-corrected chi connectivity index (χ3v) is 6.59. The van der Waals surface area contributed by atoms with Crippen LogP contribution in [0.1, 0.15) is 21.5 Å². The van der Waals surface area contributed by atoms with Crippen molar-refractivity contribution >= 4 is 52.1 Å². The molecule has 5 aromatic rings. The Morgan fingerprint density at radius 3 is 2.07 bits per heavy atom. The van der Waals surface area contributed by atoms with Gasteiger partial charge in [0.2, 0.25) is 0 Å². The van der Waals surface area contributed by atoms with Crippen LogP contribution in [0.15, 0.2) is 114 Å². The predicted octanol–water partition coefficient (Wildman–Crippen LogP) is 7.61. The van der Waals surface area contributed by atoms with Crippen molar-refractivity contribution in [3.05, 3.63) is 136 Å². The van der Waals surface area contributed by atoms with Gasteiger partial charge in [-0.05, 0) is 84.4 Å². The lowest BCUT2D eigenvalue weighted by Gasteiger charge is -2.19. The summed E-state index contributed by atoms with van der Waals surface area (Å²) in [6.07, 6.45) is 0.0106. The number of esters is 1. The largest absolute Gasteiger partial charge is 0.446 e. The van der Waals surface area contributed by atoms with Crippen LogP contribution in [-0.2, 0) is 4.79 Å². The average molecular weight is 599 g/mol. The summed E-state index contributed by atoms with van der Waals surface area (Å²) in [5, 5.41) is 6.86. The maximum absolute atomic E-state index is 13.2. The lowest BCUT2D eigenvalue weighted by molar-refractivity contribution is -0.140. The molecule has 0 spiro atoms. The molecule has 0 radical (unpaired) electrons. The molecule has 9 heteroatoms. The smallest absolute Gasteiger partial charge is 0.343 e. The number of amides is 1. The molecule has 42 heavy (non-hydrogen) atoms. The minimum absolute atomic E-state index is 0.282. The summed E-state index contributed by atoms with van der Waals surface area (Å²) in [7, 11) is 0. The number of hydrazone groups is 1. The van der Waals surface area contributed by atoms with Gasteiger partial charge >= 0.3 is 18.2 Å². The van der Waals surface area contributed by atoms with E-state index in [1.807, 2.05) is 43.3 Å². The minimum atomic E-state index is -1.41. The third-order valence-electron chi connectivity index (χ3n) is 6.08. The van der Waals surface area contributed by atoms with Gasteiger partial charge in [-0.3, -0.25) is 4.79 Å². The molecule has 0 aliphatic heterocycles. The number of aryl methyl sites for hydroxylation is 1. The number of nitrogens with zero attached hydrogens (tertiary/aromatic N) is 1. The van der Waals surface area contributed by atoms with E-state index >= 15 is 0 Å². The van der Waals surface area contributed by atoms with E-state index in [9.17, 15) is 9.59 Å². The fraction of sp³-hybridized carbons (Fsp3) is 0.0606. The maximum atomic E-state index is 13.2. The van der Waals surface area contributed by atoms with Gasteiger partial charge in [0.15, 0.2) is 0 Å².